The van der Waals surface area contributed by atoms with Gasteiger partial charge in [-0.2, -0.15) is 0 Å². The van der Waals surface area contributed by atoms with E-state index in [0.717, 1.165) is 25.6 Å². The summed E-state index contributed by atoms with van der Waals surface area (Å²) in [6.07, 6.45) is 2.57. The SMILES string of the molecule is CCCCN(C)Cc1ccc(CNCC(C)C)s1. The molecule has 1 rings (SSSR count). The lowest BCUT2D eigenvalue weighted by atomic mass is 10.2. The number of rotatable bonds is 9. The molecular weight excluding hydrogens is 240 g/mol. The molecule has 0 spiro atoms. The van der Waals surface area contributed by atoms with Crippen molar-refractivity contribution in [1.82, 2.24) is 10.2 Å². The third-order valence-corrected chi connectivity index (χ3v) is 3.96. The van der Waals surface area contributed by atoms with E-state index in [0.29, 0.717) is 0 Å². The van der Waals surface area contributed by atoms with Gasteiger partial charge in [0.15, 0.2) is 0 Å². The minimum Gasteiger partial charge on any atom is -0.312 e. The molecule has 1 heterocycles. The second kappa shape index (κ2) is 8.68. The van der Waals surface area contributed by atoms with Crippen molar-refractivity contribution in [3.05, 3.63) is 21.9 Å². The highest BCUT2D eigenvalue weighted by molar-refractivity contribution is 7.11. The van der Waals surface area contributed by atoms with Gasteiger partial charge in [-0.05, 0) is 44.6 Å². The van der Waals surface area contributed by atoms with Gasteiger partial charge in [0.25, 0.3) is 0 Å². The molecule has 0 aromatic carbocycles. The van der Waals surface area contributed by atoms with Gasteiger partial charge in [-0.3, -0.25) is 0 Å². The quantitative estimate of drug-likeness (QED) is 0.734. The molecule has 0 atom stereocenters. The summed E-state index contributed by atoms with van der Waals surface area (Å²) < 4.78 is 0. The third-order valence-electron chi connectivity index (χ3n) is 2.89. The van der Waals surface area contributed by atoms with Gasteiger partial charge in [0.2, 0.25) is 0 Å². The van der Waals surface area contributed by atoms with E-state index in [1.807, 2.05) is 11.3 Å². The second-order valence-corrected chi connectivity index (χ2v) is 6.74. The van der Waals surface area contributed by atoms with Crippen LogP contribution in [0.25, 0.3) is 0 Å². The minimum atomic E-state index is 0.726. The number of nitrogens with zero attached hydrogens (tertiary/aromatic N) is 1. The first-order valence-electron chi connectivity index (χ1n) is 7.08. The summed E-state index contributed by atoms with van der Waals surface area (Å²) in [7, 11) is 2.21. The summed E-state index contributed by atoms with van der Waals surface area (Å²) in [5.41, 5.74) is 0. The van der Waals surface area contributed by atoms with E-state index in [2.05, 4.69) is 50.2 Å². The third kappa shape index (κ3) is 6.53. The molecule has 0 amide bonds. The standard InChI is InChI=1S/C15H28N2S/c1-5-6-9-17(4)12-15-8-7-14(18-15)11-16-10-13(2)3/h7-8,13,16H,5-6,9-12H2,1-4H3. The summed E-state index contributed by atoms with van der Waals surface area (Å²) in [5.74, 6) is 0.726. The molecule has 0 radical (unpaired) electrons. The van der Waals surface area contributed by atoms with Crippen LogP contribution in [0.5, 0.6) is 0 Å². The fourth-order valence-corrected chi connectivity index (χ4v) is 2.93. The van der Waals surface area contributed by atoms with Gasteiger partial charge in [0.05, 0.1) is 0 Å². The van der Waals surface area contributed by atoms with Gasteiger partial charge in [-0.1, -0.05) is 27.2 Å². The first-order valence-corrected chi connectivity index (χ1v) is 7.90. The van der Waals surface area contributed by atoms with Crippen LogP contribution in [0, 0.1) is 5.92 Å². The minimum absolute atomic E-state index is 0.726. The molecule has 0 aliphatic carbocycles. The average molecular weight is 268 g/mol. The molecule has 1 N–H and O–H groups in total. The predicted octanol–water partition coefficient (Wildman–Crippen LogP) is 3.73. The van der Waals surface area contributed by atoms with Crippen molar-refractivity contribution < 1.29 is 0 Å². The Morgan fingerprint density at radius 3 is 2.67 bits per heavy atom. The Balaban J connectivity index is 2.29. The Hall–Kier alpha value is -0.380. The zero-order valence-corrected chi connectivity index (χ0v) is 13.1. The molecule has 0 saturated carbocycles. The van der Waals surface area contributed by atoms with Crippen LogP contribution in [0.4, 0.5) is 0 Å². The zero-order chi connectivity index (χ0) is 13.4. The van der Waals surface area contributed by atoms with Crippen molar-refractivity contribution in [2.75, 3.05) is 20.1 Å². The highest BCUT2D eigenvalue weighted by Gasteiger charge is 2.04. The van der Waals surface area contributed by atoms with Crippen LogP contribution in [0.1, 0.15) is 43.4 Å². The summed E-state index contributed by atoms with van der Waals surface area (Å²) in [4.78, 5) is 5.35. The lowest BCUT2D eigenvalue weighted by Gasteiger charge is -2.14. The van der Waals surface area contributed by atoms with Crippen LogP contribution in [0.3, 0.4) is 0 Å². The maximum atomic E-state index is 3.50. The molecule has 0 unspecified atom stereocenters. The smallest absolute Gasteiger partial charge is 0.0324 e. The first kappa shape index (κ1) is 15.7. The zero-order valence-electron chi connectivity index (χ0n) is 12.3. The number of thiophene rings is 1. The summed E-state index contributed by atoms with van der Waals surface area (Å²) in [6.45, 7) is 11.2. The largest absolute Gasteiger partial charge is 0.312 e. The molecular formula is C15H28N2S. The monoisotopic (exact) mass is 268 g/mol. The molecule has 0 saturated heterocycles. The molecule has 1 aromatic heterocycles. The molecule has 18 heavy (non-hydrogen) atoms. The van der Waals surface area contributed by atoms with E-state index >= 15 is 0 Å². The number of unbranched alkanes of at least 4 members (excludes halogenated alkanes) is 1. The van der Waals surface area contributed by atoms with E-state index in [-0.39, 0.29) is 0 Å². The van der Waals surface area contributed by atoms with Gasteiger partial charge in [0.1, 0.15) is 0 Å². The molecule has 3 heteroatoms. The Labute approximate surface area is 116 Å². The lowest BCUT2D eigenvalue weighted by molar-refractivity contribution is 0.323. The highest BCUT2D eigenvalue weighted by Crippen LogP contribution is 2.18. The Bertz CT molecular complexity index is 320. The van der Waals surface area contributed by atoms with Gasteiger partial charge >= 0.3 is 0 Å². The number of hydrogen-bond donors (Lipinski definition) is 1. The van der Waals surface area contributed by atoms with Gasteiger partial charge in [0, 0.05) is 22.8 Å². The number of nitrogens with one attached hydrogen (secondary N) is 1. The van der Waals surface area contributed by atoms with E-state index in [4.69, 9.17) is 0 Å². The summed E-state index contributed by atoms with van der Waals surface area (Å²) >= 11 is 1.94. The predicted molar refractivity (Wildman–Crippen MR) is 82.1 cm³/mol. The van der Waals surface area contributed by atoms with Crippen molar-refractivity contribution in [1.29, 1.82) is 0 Å². The topological polar surface area (TPSA) is 15.3 Å². The average Bonchev–Trinajstić information content (AvgIpc) is 2.73. The van der Waals surface area contributed by atoms with Gasteiger partial charge < -0.3 is 10.2 Å². The molecule has 104 valence electrons. The molecule has 0 aliphatic heterocycles. The first-order chi connectivity index (χ1) is 8.61. The molecule has 1 aromatic rings. The van der Waals surface area contributed by atoms with Gasteiger partial charge in [-0.25, -0.2) is 0 Å². The van der Waals surface area contributed by atoms with Crippen LogP contribution >= 0.6 is 11.3 Å². The lowest BCUT2D eigenvalue weighted by Crippen LogP contribution is -2.18. The number of hydrogen-bond acceptors (Lipinski definition) is 3. The Morgan fingerprint density at radius 2 is 2.00 bits per heavy atom. The normalized spacial score (nSPS) is 11.7. The van der Waals surface area contributed by atoms with Crippen LogP contribution in [0.2, 0.25) is 0 Å². The Morgan fingerprint density at radius 1 is 1.28 bits per heavy atom. The molecule has 2 nitrogen and oxygen atoms in total. The van der Waals surface area contributed by atoms with E-state index in [9.17, 15) is 0 Å². The fourth-order valence-electron chi connectivity index (χ4n) is 1.86. The van der Waals surface area contributed by atoms with Crippen molar-refractivity contribution in [2.45, 2.75) is 46.7 Å². The molecule has 0 fully saturated rings. The van der Waals surface area contributed by atoms with Crippen molar-refractivity contribution in [3.63, 3.8) is 0 Å². The van der Waals surface area contributed by atoms with Crippen LogP contribution in [-0.4, -0.2) is 25.0 Å². The maximum Gasteiger partial charge on any atom is 0.0324 e. The van der Waals surface area contributed by atoms with E-state index in [1.165, 1.54) is 29.1 Å². The van der Waals surface area contributed by atoms with Crippen LogP contribution in [0.15, 0.2) is 12.1 Å². The highest BCUT2D eigenvalue weighted by atomic mass is 32.1. The molecule has 0 aliphatic rings. The fraction of sp³-hybridized carbons (Fsp3) is 0.733. The van der Waals surface area contributed by atoms with Crippen LogP contribution in [-0.2, 0) is 13.1 Å². The van der Waals surface area contributed by atoms with E-state index < -0.39 is 0 Å². The van der Waals surface area contributed by atoms with Crippen molar-refractivity contribution in [3.8, 4) is 0 Å². The van der Waals surface area contributed by atoms with Crippen molar-refractivity contribution >= 4 is 11.3 Å². The summed E-state index contributed by atoms with van der Waals surface area (Å²) in [6, 6.07) is 4.54. The summed E-state index contributed by atoms with van der Waals surface area (Å²) in [5, 5.41) is 3.50. The van der Waals surface area contributed by atoms with E-state index in [1.54, 1.807) is 0 Å². The second-order valence-electron chi connectivity index (χ2n) is 5.48. The molecule has 0 bridgehead atoms. The Kier molecular flexibility index (Phi) is 7.56. The maximum absolute atomic E-state index is 3.50. The van der Waals surface area contributed by atoms with Crippen molar-refractivity contribution in [2.24, 2.45) is 5.92 Å². The van der Waals surface area contributed by atoms with Gasteiger partial charge in [-0.15, -0.1) is 11.3 Å². The van der Waals surface area contributed by atoms with Crippen LogP contribution < -0.4 is 5.32 Å².